The number of aromatic hydroxyl groups is 1. The smallest absolute Gasteiger partial charge is 0.257 e. The van der Waals surface area contributed by atoms with E-state index in [2.05, 4.69) is 4.90 Å². The van der Waals surface area contributed by atoms with E-state index in [0.717, 1.165) is 13.1 Å². The Morgan fingerprint density at radius 2 is 1.89 bits per heavy atom. The van der Waals surface area contributed by atoms with Crippen molar-refractivity contribution in [3.63, 3.8) is 0 Å². The first kappa shape index (κ1) is 13.8. The maximum absolute atomic E-state index is 12.2. The van der Waals surface area contributed by atoms with Gasteiger partial charge in [0.1, 0.15) is 5.75 Å². The van der Waals surface area contributed by atoms with E-state index >= 15 is 0 Å². The monoisotopic (exact) mass is 279 g/mol. The van der Waals surface area contributed by atoms with Crippen molar-refractivity contribution in [1.82, 2.24) is 9.80 Å². The number of hydrogen-bond acceptors (Lipinski definition) is 4. The lowest BCUT2D eigenvalue weighted by atomic mass is 10.1. The molecule has 1 aromatic rings. The van der Waals surface area contributed by atoms with Crippen LogP contribution < -0.4 is 5.73 Å². The number of thiocarbonyl (C=S) groups is 1. The molecule has 0 atom stereocenters. The summed E-state index contributed by atoms with van der Waals surface area (Å²) in [6.07, 6.45) is 0. The van der Waals surface area contributed by atoms with Crippen LogP contribution in [-0.4, -0.2) is 58.5 Å². The molecule has 0 aliphatic carbocycles. The van der Waals surface area contributed by atoms with Crippen LogP contribution >= 0.6 is 12.2 Å². The fraction of sp³-hybridized carbons (Fsp3) is 0.385. The largest absolute Gasteiger partial charge is 0.507 e. The zero-order chi connectivity index (χ0) is 13.8. The SMILES string of the molecule is NC(=S)CN1CCN(C(=O)c2ccccc2O)CC1. The predicted molar refractivity (Wildman–Crippen MR) is 77.2 cm³/mol. The van der Waals surface area contributed by atoms with Crippen LogP contribution in [0.4, 0.5) is 0 Å². The molecule has 6 heteroatoms. The third-order valence-electron chi connectivity index (χ3n) is 3.17. The Morgan fingerprint density at radius 1 is 1.26 bits per heavy atom. The number of amides is 1. The second kappa shape index (κ2) is 5.99. The Morgan fingerprint density at radius 3 is 2.47 bits per heavy atom. The predicted octanol–water partition coefficient (Wildman–Crippen LogP) is 0.436. The summed E-state index contributed by atoms with van der Waals surface area (Å²) in [7, 11) is 0. The first-order valence-electron chi connectivity index (χ1n) is 6.16. The number of carbonyl (C=O) groups excluding carboxylic acids is 1. The van der Waals surface area contributed by atoms with E-state index in [9.17, 15) is 9.90 Å². The average molecular weight is 279 g/mol. The number of phenols is 1. The second-order valence-corrected chi connectivity index (χ2v) is 5.08. The van der Waals surface area contributed by atoms with Gasteiger partial charge in [-0.3, -0.25) is 9.69 Å². The van der Waals surface area contributed by atoms with Crippen LogP contribution in [0.3, 0.4) is 0 Å². The second-order valence-electron chi connectivity index (χ2n) is 4.55. The van der Waals surface area contributed by atoms with Crippen molar-refractivity contribution in [2.75, 3.05) is 32.7 Å². The van der Waals surface area contributed by atoms with Gasteiger partial charge in [-0.25, -0.2) is 0 Å². The van der Waals surface area contributed by atoms with Gasteiger partial charge >= 0.3 is 0 Å². The number of carbonyl (C=O) groups is 1. The van der Waals surface area contributed by atoms with E-state index in [1.807, 2.05) is 0 Å². The summed E-state index contributed by atoms with van der Waals surface area (Å²) in [4.78, 5) is 16.6. The molecule has 5 nitrogen and oxygen atoms in total. The van der Waals surface area contributed by atoms with Crippen LogP contribution in [0.5, 0.6) is 5.75 Å². The standard InChI is InChI=1S/C13H17N3O2S/c14-12(19)9-15-5-7-16(8-6-15)13(18)10-3-1-2-4-11(10)17/h1-4,17H,5-9H2,(H2,14,19). The van der Waals surface area contributed by atoms with Gasteiger partial charge in [0.15, 0.2) is 0 Å². The van der Waals surface area contributed by atoms with Crippen LogP contribution in [0, 0.1) is 0 Å². The van der Waals surface area contributed by atoms with E-state index in [-0.39, 0.29) is 11.7 Å². The van der Waals surface area contributed by atoms with Crippen molar-refractivity contribution in [3.05, 3.63) is 29.8 Å². The number of para-hydroxylation sites is 1. The minimum Gasteiger partial charge on any atom is -0.507 e. The molecule has 19 heavy (non-hydrogen) atoms. The highest BCUT2D eigenvalue weighted by Crippen LogP contribution is 2.18. The quantitative estimate of drug-likeness (QED) is 0.786. The van der Waals surface area contributed by atoms with Gasteiger partial charge in [0.05, 0.1) is 10.6 Å². The molecular formula is C13H17N3O2S. The van der Waals surface area contributed by atoms with Crippen molar-refractivity contribution in [3.8, 4) is 5.75 Å². The first-order valence-corrected chi connectivity index (χ1v) is 6.56. The fourth-order valence-corrected chi connectivity index (χ4v) is 2.34. The van der Waals surface area contributed by atoms with Crippen LogP contribution in [0.15, 0.2) is 24.3 Å². The molecule has 0 radical (unpaired) electrons. The molecule has 0 saturated carbocycles. The molecule has 0 unspecified atom stereocenters. The molecule has 2 rings (SSSR count). The third kappa shape index (κ3) is 3.42. The summed E-state index contributed by atoms with van der Waals surface area (Å²) in [5, 5.41) is 9.69. The fourth-order valence-electron chi connectivity index (χ4n) is 2.15. The lowest BCUT2D eigenvalue weighted by Crippen LogP contribution is -2.50. The maximum atomic E-state index is 12.2. The number of phenolic OH excluding ortho intramolecular Hbond substituents is 1. The van der Waals surface area contributed by atoms with Gasteiger partial charge in [0.25, 0.3) is 5.91 Å². The average Bonchev–Trinajstić information content (AvgIpc) is 2.39. The molecule has 1 saturated heterocycles. The van der Waals surface area contributed by atoms with E-state index in [0.29, 0.717) is 30.2 Å². The van der Waals surface area contributed by atoms with Crippen molar-refractivity contribution < 1.29 is 9.90 Å². The highest BCUT2D eigenvalue weighted by Gasteiger charge is 2.23. The van der Waals surface area contributed by atoms with Crippen molar-refractivity contribution in [1.29, 1.82) is 0 Å². The molecule has 3 N–H and O–H groups in total. The Bertz CT molecular complexity index is 485. The molecule has 1 aliphatic heterocycles. The van der Waals surface area contributed by atoms with Gasteiger partial charge in [0.2, 0.25) is 0 Å². The third-order valence-corrected chi connectivity index (χ3v) is 3.30. The molecule has 0 bridgehead atoms. The van der Waals surface area contributed by atoms with Gasteiger partial charge in [0, 0.05) is 32.7 Å². The molecule has 1 aliphatic rings. The highest BCUT2D eigenvalue weighted by atomic mass is 32.1. The highest BCUT2D eigenvalue weighted by molar-refractivity contribution is 7.80. The van der Waals surface area contributed by atoms with Crippen molar-refractivity contribution >= 4 is 23.1 Å². The summed E-state index contributed by atoms with van der Waals surface area (Å²) in [6.45, 7) is 3.33. The summed E-state index contributed by atoms with van der Waals surface area (Å²) in [6, 6.07) is 6.61. The Hall–Kier alpha value is -1.66. The normalized spacial score (nSPS) is 16.3. The molecule has 0 aromatic heterocycles. The number of benzene rings is 1. The minimum absolute atomic E-state index is 0.0260. The number of piperazine rings is 1. The molecule has 0 spiro atoms. The minimum atomic E-state index is -0.131. The summed E-state index contributed by atoms with van der Waals surface area (Å²) < 4.78 is 0. The lowest BCUT2D eigenvalue weighted by Gasteiger charge is -2.34. The maximum Gasteiger partial charge on any atom is 0.257 e. The van der Waals surface area contributed by atoms with Gasteiger partial charge in [-0.2, -0.15) is 0 Å². The van der Waals surface area contributed by atoms with E-state index in [4.69, 9.17) is 18.0 Å². The molecule has 1 heterocycles. The summed E-state index contributed by atoms with van der Waals surface area (Å²) in [5.41, 5.74) is 5.86. The van der Waals surface area contributed by atoms with Gasteiger partial charge in [-0.1, -0.05) is 24.4 Å². The van der Waals surface area contributed by atoms with Gasteiger partial charge in [-0.05, 0) is 12.1 Å². The Labute approximate surface area is 117 Å². The molecule has 1 amide bonds. The van der Waals surface area contributed by atoms with E-state index in [1.165, 1.54) is 6.07 Å². The van der Waals surface area contributed by atoms with Crippen LogP contribution in [-0.2, 0) is 0 Å². The summed E-state index contributed by atoms with van der Waals surface area (Å²) in [5.74, 6) is -0.105. The molecular weight excluding hydrogens is 262 g/mol. The molecule has 1 aromatic carbocycles. The van der Waals surface area contributed by atoms with Crippen LogP contribution in [0.25, 0.3) is 0 Å². The zero-order valence-corrected chi connectivity index (χ0v) is 11.4. The van der Waals surface area contributed by atoms with Crippen molar-refractivity contribution in [2.24, 2.45) is 5.73 Å². The number of nitrogens with zero attached hydrogens (tertiary/aromatic N) is 2. The first-order chi connectivity index (χ1) is 9.08. The van der Waals surface area contributed by atoms with Crippen LogP contribution in [0.2, 0.25) is 0 Å². The van der Waals surface area contributed by atoms with Gasteiger partial charge < -0.3 is 15.7 Å². The number of nitrogens with two attached hydrogens (primary N) is 1. The number of hydrogen-bond donors (Lipinski definition) is 2. The topological polar surface area (TPSA) is 69.8 Å². The van der Waals surface area contributed by atoms with Crippen LogP contribution in [0.1, 0.15) is 10.4 Å². The Kier molecular flexibility index (Phi) is 4.34. The van der Waals surface area contributed by atoms with Gasteiger partial charge in [-0.15, -0.1) is 0 Å². The van der Waals surface area contributed by atoms with E-state index < -0.39 is 0 Å². The zero-order valence-electron chi connectivity index (χ0n) is 10.6. The van der Waals surface area contributed by atoms with Crippen molar-refractivity contribution in [2.45, 2.75) is 0 Å². The lowest BCUT2D eigenvalue weighted by molar-refractivity contribution is 0.0651. The Balaban J connectivity index is 1.96. The summed E-state index contributed by atoms with van der Waals surface area (Å²) >= 11 is 4.87. The molecule has 102 valence electrons. The molecule has 1 fully saturated rings. The number of rotatable bonds is 3. The van der Waals surface area contributed by atoms with E-state index in [1.54, 1.807) is 23.1 Å².